The summed E-state index contributed by atoms with van der Waals surface area (Å²) >= 11 is 1.21. The molecule has 2 aromatic carbocycles. The largest absolute Gasteiger partial charge is 0.504 e. The molecule has 0 aliphatic carbocycles. The zero-order chi connectivity index (χ0) is 18.3. The molecule has 130 valence electrons. The highest BCUT2D eigenvalue weighted by Crippen LogP contribution is 2.45. The third-order valence-corrected chi connectivity index (χ3v) is 4.83. The van der Waals surface area contributed by atoms with Crippen LogP contribution in [0.1, 0.15) is 24.0 Å². The lowest BCUT2D eigenvalue weighted by molar-refractivity contribution is -0.116. The Morgan fingerprint density at radius 2 is 2.12 bits per heavy atom. The summed E-state index contributed by atoms with van der Waals surface area (Å²) in [6.45, 7) is 1.84. The van der Waals surface area contributed by atoms with E-state index < -0.39 is 22.5 Å². The topological polar surface area (TPSA) is 110 Å². The Morgan fingerprint density at radius 1 is 1.40 bits per heavy atom. The summed E-state index contributed by atoms with van der Waals surface area (Å²) in [4.78, 5) is 37.0. The number of nitrogens with two attached hydrogens (primary N) is 1. The first-order valence-electron chi connectivity index (χ1n) is 7.49. The van der Waals surface area contributed by atoms with Crippen molar-refractivity contribution in [3.63, 3.8) is 0 Å². The minimum Gasteiger partial charge on any atom is -0.504 e. The highest BCUT2D eigenvalue weighted by molar-refractivity contribution is 7.94. The molecule has 0 bridgehead atoms. The molecule has 1 atom stereocenters. The number of primary amides is 1. The molecule has 0 saturated heterocycles. The second kappa shape index (κ2) is 6.38. The molecule has 25 heavy (non-hydrogen) atoms. The molecule has 1 aliphatic rings. The van der Waals surface area contributed by atoms with Gasteiger partial charge < -0.3 is 19.9 Å². The minimum atomic E-state index is -0.893. The van der Waals surface area contributed by atoms with E-state index in [1.54, 1.807) is 12.0 Å². The number of benzene rings is 1. The van der Waals surface area contributed by atoms with Crippen molar-refractivity contribution in [2.24, 2.45) is 5.73 Å². The molecule has 8 heteroatoms. The Bertz CT molecular complexity index is 959. The van der Waals surface area contributed by atoms with Crippen LogP contribution in [0.3, 0.4) is 0 Å². The normalized spacial score (nSPS) is 18.1. The van der Waals surface area contributed by atoms with Crippen molar-refractivity contribution < 1.29 is 14.1 Å². The number of fused-ring (bicyclic) bond motifs is 1. The summed E-state index contributed by atoms with van der Waals surface area (Å²) in [6.07, 6.45) is 1.45. The Morgan fingerprint density at radius 3 is 2.72 bits per heavy atom. The quantitative estimate of drug-likeness (QED) is 0.607. The number of aromatic hydroxyl groups is 1. The molecule has 3 N–H and O–H groups in total. The van der Waals surface area contributed by atoms with Gasteiger partial charge in [0.2, 0.25) is 11.3 Å². The van der Waals surface area contributed by atoms with E-state index in [1.165, 1.54) is 18.1 Å². The van der Waals surface area contributed by atoms with Gasteiger partial charge in [-0.05, 0) is 29.8 Å². The van der Waals surface area contributed by atoms with Gasteiger partial charge in [0.15, 0.2) is 5.75 Å². The Labute approximate surface area is 147 Å². The van der Waals surface area contributed by atoms with Gasteiger partial charge in [-0.1, -0.05) is 6.92 Å². The van der Waals surface area contributed by atoms with Gasteiger partial charge >= 0.3 is 0 Å². The molecule has 1 unspecified atom stereocenters. The van der Waals surface area contributed by atoms with Crippen molar-refractivity contribution >= 4 is 29.7 Å². The number of nitrogens with zero attached hydrogens (tertiary/aromatic N) is 1. The number of anilines is 1. The number of allylic oxidation sites excluding steroid dienone is 1. The maximum Gasteiger partial charge on any atom is 0.268 e. The lowest BCUT2D eigenvalue weighted by Crippen LogP contribution is -2.34. The van der Waals surface area contributed by atoms with Gasteiger partial charge in [-0.3, -0.25) is 14.4 Å². The van der Waals surface area contributed by atoms with Crippen LogP contribution in [-0.2, 0) is 8.98 Å². The first-order valence-corrected chi connectivity index (χ1v) is 8.23. The number of carbonyl (C=O) groups is 1. The molecule has 2 aromatic rings. The molecule has 0 radical (unpaired) electrons. The van der Waals surface area contributed by atoms with E-state index in [0.29, 0.717) is 5.70 Å². The fourth-order valence-electron chi connectivity index (χ4n) is 3.02. The number of hydrogen-bond acceptors (Lipinski definition) is 7. The van der Waals surface area contributed by atoms with Gasteiger partial charge in [0.1, 0.15) is 6.54 Å². The third kappa shape index (κ3) is 2.83. The van der Waals surface area contributed by atoms with Gasteiger partial charge in [0.05, 0.1) is 12.7 Å². The minimum absolute atomic E-state index is 0.0411. The Hall–Kier alpha value is -2.58. The molecular weight excluding hydrogens is 344 g/mol. The highest BCUT2D eigenvalue weighted by atomic mass is 32.2. The van der Waals surface area contributed by atoms with Crippen LogP contribution in [0.15, 0.2) is 38.4 Å². The fourth-order valence-corrected chi connectivity index (χ4v) is 3.51. The average molecular weight is 360 g/mol. The maximum atomic E-state index is 11.7. The standard InChI is InChI=1S/C17H16N2O5S/c1-8-10-5-9(25-24-2)3-4-12(10)19(7-14(18)20)13(8)6-11-15(21)17(23)16(11)22/h3-6,8,21H,7H2,1-2H3,(H2,18,20)/b13-6-. The van der Waals surface area contributed by atoms with E-state index in [1.807, 2.05) is 25.1 Å². The number of amides is 1. The van der Waals surface area contributed by atoms with E-state index in [9.17, 15) is 19.5 Å². The second-order valence-corrected chi connectivity index (χ2v) is 6.71. The molecule has 0 aromatic heterocycles. The molecule has 1 amide bonds. The van der Waals surface area contributed by atoms with Gasteiger partial charge in [-0.15, -0.1) is 0 Å². The smallest absolute Gasteiger partial charge is 0.268 e. The third-order valence-electron chi connectivity index (χ3n) is 4.22. The molecular formula is C17H16N2O5S. The van der Waals surface area contributed by atoms with Crippen LogP contribution >= 0.6 is 12.0 Å². The number of rotatable bonds is 5. The van der Waals surface area contributed by atoms with Crippen molar-refractivity contribution in [1.29, 1.82) is 0 Å². The van der Waals surface area contributed by atoms with E-state index in [2.05, 4.69) is 0 Å². The lowest BCUT2D eigenvalue weighted by atomic mass is 9.98. The summed E-state index contributed by atoms with van der Waals surface area (Å²) in [5, 5.41) is 9.63. The van der Waals surface area contributed by atoms with Gasteiger partial charge in [-0.2, -0.15) is 0 Å². The maximum absolute atomic E-state index is 11.7. The van der Waals surface area contributed by atoms with Crippen molar-refractivity contribution in [2.45, 2.75) is 17.7 Å². The monoisotopic (exact) mass is 360 g/mol. The van der Waals surface area contributed by atoms with Crippen LogP contribution in [0.2, 0.25) is 0 Å². The van der Waals surface area contributed by atoms with Crippen molar-refractivity contribution in [1.82, 2.24) is 0 Å². The first kappa shape index (κ1) is 17.2. The van der Waals surface area contributed by atoms with Crippen molar-refractivity contribution in [3.05, 3.63) is 55.5 Å². The number of carbonyl (C=O) groups excluding carboxylic acids is 1. The SMILES string of the molecule is COSc1ccc2c(c1)C(C)/C(=C/c1c(O)c(=O)c1=O)N2CC(N)=O. The molecule has 3 rings (SSSR count). The molecule has 1 heterocycles. The van der Waals surface area contributed by atoms with Crippen LogP contribution in [0, 0.1) is 0 Å². The molecule has 0 saturated carbocycles. The lowest BCUT2D eigenvalue weighted by Gasteiger charge is -2.21. The summed E-state index contributed by atoms with van der Waals surface area (Å²) in [7, 11) is 1.57. The van der Waals surface area contributed by atoms with Gasteiger partial charge in [0, 0.05) is 34.2 Å². The Balaban J connectivity index is 2.10. The van der Waals surface area contributed by atoms with Crippen molar-refractivity contribution in [2.75, 3.05) is 18.6 Å². The predicted octanol–water partition coefficient (Wildman–Crippen LogP) is 1.09. The zero-order valence-electron chi connectivity index (χ0n) is 13.6. The van der Waals surface area contributed by atoms with E-state index >= 15 is 0 Å². The zero-order valence-corrected chi connectivity index (χ0v) is 14.4. The first-order chi connectivity index (χ1) is 11.8. The fraction of sp³-hybridized carbons (Fsp3) is 0.235. The van der Waals surface area contributed by atoms with Crippen LogP contribution in [-0.4, -0.2) is 24.7 Å². The Kier molecular flexibility index (Phi) is 4.40. The summed E-state index contributed by atoms with van der Waals surface area (Å²) in [6, 6.07) is 5.63. The van der Waals surface area contributed by atoms with Gasteiger partial charge in [-0.25, -0.2) is 0 Å². The van der Waals surface area contributed by atoms with Crippen molar-refractivity contribution in [3.8, 4) is 5.75 Å². The van der Waals surface area contributed by atoms with Crippen LogP contribution in [0.25, 0.3) is 6.08 Å². The molecule has 0 fully saturated rings. The highest BCUT2D eigenvalue weighted by Gasteiger charge is 2.33. The van der Waals surface area contributed by atoms with Crippen LogP contribution in [0.4, 0.5) is 5.69 Å². The molecule has 7 nitrogen and oxygen atoms in total. The second-order valence-electron chi connectivity index (χ2n) is 5.73. The van der Waals surface area contributed by atoms with E-state index in [0.717, 1.165) is 16.1 Å². The van der Waals surface area contributed by atoms with E-state index in [-0.39, 0.29) is 18.0 Å². The molecule has 1 aliphatic heterocycles. The van der Waals surface area contributed by atoms with Gasteiger partial charge in [0.25, 0.3) is 5.43 Å². The van der Waals surface area contributed by atoms with Crippen LogP contribution < -0.4 is 21.5 Å². The van der Waals surface area contributed by atoms with Crippen LogP contribution in [0.5, 0.6) is 5.75 Å². The summed E-state index contributed by atoms with van der Waals surface area (Å²) in [5.74, 6) is -1.23. The number of hydrogen-bond donors (Lipinski definition) is 2. The summed E-state index contributed by atoms with van der Waals surface area (Å²) < 4.78 is 5.06. The van der Waals surface area contributed by atoms with E-state index in [4.69, 9.17) is 9.92 Å². The average Bonchev–Trinajstić information content (AvgIpc) is 2.83. The summed E-state index contributed by atoms with van der Waals surface area (Å²) in [5.41, 5.74) is 6.03. The predicted molar refractivity (Wildman–Crippen MR) is 95.3 cm³/mol. The molecule has 0 spiro atoms.